The third-order valence-corrected chi connectivity index (χ3v) is 7.92. The second-order valence-electron chi connectivity index (χ2n) is 7.43. The van der Waals surface area contributed by atoms with E-state index in [0.717, 1.165) is 4.57 Å². The number of aryl methyl sites for hydroxylation is 1. The van der Waals surface area contributed by atoms with E-state index in [9.17, 15) is 22.8 Å². The number of carbonyl (C=O) groups excluding carboxylic acids is 1. The fraction of sp³-hybridized carbons (Fsp3) is 0.300. The van der Waals surface area contributed by atoms with Crippen molar-refractivity contribution in [1.29, 1.82) is 0 Å². The van der Waals surface area contributed by atoms with Gasteiger partial charge in [0.15, 0.2) is 0 Å². The molecule has 0 N–H and O–H groups in total. The lowest BCUT2D eigenvalue weighted by molar-refractivity contribution is 0.0697. The highest BCUT2D eigenvalue weighted by Gasteiger charge is 2.31. The number of sulfonamides is 1. The number of piperazine rings is 1. The summed E-state index contributed by atoms with van der Waals surface area (Å²) < 4.78 is 29.3. The summed E-state index contributed by atoms with van der Waals surface area (Å²) in [5.41, 5.74) is -0.674. The van der Waals surface area contributed by atoms with Gasteiger partial charge in [-0.3, -0.25) is 18.7 Å². The van der Waals surface area contributed by atoms with E-state index in [4.69, 9.17) is 11.6 Å². The number of fused-ring (bicyclic) bond motifs is 1. The van der Waals surface area contributed by atoms with E-state index in [2.05, 4.69) is 4.98 Å². The van der Waals surface area contributed by atoms with E-state index >= 15 is 0 Å². The highest BCUT2D eigenvalue weighted by Crippen LogP contribution is 2.25. The molecule has 1 saturated heterocycles. The molecule has 1 aliphatic heterocycles. The summed E-state index contributed by atoms with van der Waals surface area (Å²) in [5.74, 6) is -0.370. The zero-order valence-corrected chi connectivity index (χ0v) is 18.9. The van der Waals surface area contributed by atoms with Gasteiger partial charge < -0.3 is 4.90 Å². The van der Waals surface area contributed by atoms with Crippen molar-refractivity contribution in [2.45, 2.75) is 4.90 Å². The van der Waals surface area contributed by atoms with Gasteiger partial charge in [0.05, 0.1) is 16.0 Å². The number of carbonyl (C=O) groups is 1. The van der Waals surface area contributed by atoms with Gasteiger partial charge in [0, 0.05) is 46.5 Å². The minimum atomic E-state index is -3.78. The van der Waals surface area contributed by atoms with Gasteiger partial charge in [-0.15, -0.1) is 0 Å². The van der Waals surface area contributed by atoms with Crippen LogP contribution in [0.5, 0.6) is 0 Å². The number of benzene rings is 1. The summed E-state index contributed by atoms with van der Waals surface area (Å²) in [6.07, 6.45) is 1.32. The fourth-order valence-corrected chi connectivity index (χ4v) is 5.60. The molecule has 1 amide bonds. The van der Waals surface area contributed by atoms with Gasteiger partial charge in [-0.25, -0.2) is 18.2 Å². The van der Waals surface area contributed by atoms with Crippen molar-refractivity contribution in [2.75, 3.05) is 26.2 Å². The molecule has 0 bridgehead atoms. The summed E-state index contributed by atoms with van der Waals surface area (Å²) in [6, 6.07) is 7.64. The third kappa shape index (κ3) is 3.61. The molecular formula is C20H20ClN5O5S. The van der Waals surface area contributed by atoms with Crippen LogP contribution in [0.3, 0.4) is 0 Å². The van der Waals surface area contributed by atoms with Crippen LogP contribution in [0.1, 0.15) is 10.4 Å². The molecule has 3 aromatic rings. The quantitative estimate of drug-likeness (QED) is 0.540. The van der Waals surface area contributed by atoms with E-state index in [1.165, 1.54) is 52.3 Å². The van der Waals surface area contributed by atoms with Gasteiger partial charge in [0.2, 0.25) is 10.0 Å². The second-order valence-corrected chi connectivity index (χ2v) is 9.74. The molecule has 1 fully saturated rings. The molecule has 0 unspecified atom stereocenters. The van der Waals surface area contributed by atoms with Crippen molar-refractivity contribution in [2.24, 2.45) is 14.1 Å². The van der Waals surface area contributed by atoms with Crippen LogP contribution in [0.2, 0.25) is 5.02 Å². The Labute approximate surface area is 188 Å². The van der Waals surface area contributed by atoms with Crippen LogP contribution < -0.4 is 11.2 Å². The average Bonchev–Trinajstić information content (AvgIpc) is 2.80. The zero-order valence-electron chi connectivity index (χ0n) is 17.4. The monoisotopic (exact) mass is 477 g/mol. The summed E-state index contributed by atoms with van der Waals surface area (Å²) in [5, 5.41) is 0.296. The van der Waals surface area contributed by atoms with Crippen molar-refractivity contribution >= 4 is 38.6 Å². The SMILES string of the molecule is Cn1c(=O)c2cc(C(=O)N3CCN(S(=O)(=O)c4ccccc4Cl)CC3)cnc2n(C)c1=O. The van der Waals surface area contributed by atoms with Crippen LogP contribution in [0.25, 0.3) is 11.0 Å². The highest BCUT2D eigenvalue weighted by atomic mass is 35.5. The molecule has 1 aliphatic rings. The van der Waals surface area contributed by atoms with Gasteiger partial charge in [0.25, 0.3) is 11.5 Å². The van der Waals surface area contributed by atoms with E-state index in [1.54, 1.807) is 12.1 Å². The molecule has 0 saturated carbocycles. The van der Waals surface area contributed by atoms with Gasteiger partial charge in [-0.05, 0) is 18.2 Å². The Morgan fingerprint density at radius 2 is 1.69 bits per heavy atom. The first-order chi connectivity index (χ1) is 15.1. The minimum Gasteiger partial charge on any atom is -0.336 e. The van der Waals surface area contributed by atoms with E-state index in [0.29, 0.717) is 0 Å². The summed E-state index contributed by atoms with van der Waals surface area (Å²) in [6.45, 7) is 0.560. The predicted molar refractivity (Wildman–Crippen MR) is 118 cm³/mol. The molecule has 4 rings (SSSR count). The number of aromatic nitrogens is 3. The summed E-state index contributed by atoms with van der Waals surface area (Å²) in [7, 11) is -0.924. The smallest absolute Gasteiger partial charge is 0.332 e. The summed E-state index contributed by atoms with van der Waals surface area (Å²) >= 11 is 6.05. The number of halogens is 1. The lowest BCUT2D eigenvalue weighted by Gasteiger charge is -2.34. The van der Waals surface area contributed by atoms with Crippen molar-refractivity contribution in [3.05, 3.63) is 68.0 Å². The van der Waals surface area contributed by atoms with Gasteiger partial charge in [-0.1, -0.05) is 23.7 Å². The van der Waals surface area contributed by atoms with Crippen LogP contribution in [0.15, 0.2) is 51.0 Å². The van der Waals surface area contributed by atoms with Gasteiger partial charge in [-0.2, -0.15) is 4.31 Å². The van der Waals surface area contributed by atoms with Crippen molar-refractivity contribution in [3.8, 4) is 0 Å². The maximum atomic E-state index is 13.0. The minimum absolute atomic E-state index is 0.0293. The van der Waals surface area contributed by atoms with E-state index in [-0.39, 0.29) is 58.6 Å². The Balaban J connectivity index is 1.56. The standard InChI is InChI=1S/C20H20ClN5O5S/c1-23-17-14(19(28)24(2)20(23)29)11-13(12-22-17)18(27)25-7-9-26(10-8-25)32(30,31)16-6-4-3-5-15(16)21/h3-6,11-12H,7-10H2,1-2H3. The van der Waals surface area contributed by atoms with Crippen LogP contribution in [-0.2, 0) is 24.1 Å². The molecule has 10 nitrogen and oxygen atoms in total. The van der Waals surface area contributed by atoms with Crippen LogP contribution in [-0.4, -0.2) is 63.8 Å². The van der Waals surface area contributed by atoms with E-state index in [1.807, 2.05) is 0 Å². The number of hydrogen-bond acceptors (Lipinski definition) is 6. The molecule has 0 radical (unpaired) electrons. The lowest BCUT2D eigenvalue weighted by atomic mass is 10.2. The maximum Gasteiger partial charge on any atom is 0.332 e. The predicted octanol–water partition coefficient (Wildman–Crippen LogP) is 0.432. The number of amides is 1. The number of nitrogens with zero attached hydrogens (tertiary/aromatic N) is 5. The Morgan fingerprint density at radius 3 is 2.34 bits per heavy atom. The first-order valence-corrected chi connectivity index (χ1v) is 11.5. The second kappa shape index (κ2) is 8.15. The van der Waals surface area contributed by atoms with Crippen LogP contribution in [0, 0.1) is 0 Å². The fourth-order valence-electron chi connectivity index (χ4n) is 3.69. The summed E-state index contributed by atoms with van der Waals surface area (Å²) in [4.78, 5) is 43.2. The normalized spacial score (nSPS) is 15.3. The van der Waals surface area contributed by atoms with Crippen molar-refractivity contribution < 1.29 is 13.2 Å². The topological polar surface area (TPSA) is 115 Å². The van der Waals surface area contributed by atoms with Gasteiger partial charge in [0.1, 0.15) is 10.5 Å². The Hall–Kier alpha value is -3.02. The molecule has 2 aromatic heterocycles. The molecule has 0 atom stereocenters. The maximum absolute atomic E-state index is 13.0. The zero-order chi connectivity index (χ0) is 23.2. The van der Waals surface area contributed by atoms with Crippen LogP contribution in [0.4, 0.5) is 0 Å². The molecule has 12 heteroatoms. The highest BCUT2D eigenvalue weighted by molar-refractivity contribution is 7.89. The van der Waals surface area contributed by atoms with E-state index < -0.39 is 21.3 Å². The first kappa shape index (κ1) is 22.2. The number of rotatable bonds is 3. The molecular weight excluding hydrogens is 458 g/mol. The lowest BCUT2D eigenvalue weighted by Crippen LogP contribution is -2.50. The average molecular weight is 478 g/mol. The van der Waals surface area contributed by atoms with Crippen molar-refractivity contribution in [3.63, 3.8) is 0 Å². The molecule has 3 heterocycles. The molecule has 0 aliphatic carbocycles. The first-order valence-electron chi connectivity index (χ1n) is 9.72. The number of hydrogen-bond donors (Lipinski definition) is 0. The Kier molecular flexibility index (Phi) is 5.65. The Bertz CT molecular complexity index is 1460. The molecule has 168 valence electrons. The largest absolute Gasteiger partial charge is 0.336 e. The molecule has 0 spiro atoms. The molecule has 1 aromatic carbocycles. The molecule has 32 heavy (non-hydrogen) atoms. The van der Waals surface area contributed by atoms with Crippen molar-refractivity contribution in [1.82, 2.24) is 23.3 Å². The number of pyridine rings is 1. The third-order valence-electron chi connectivity index (χ3n) is 5.52. The van der Waals surface area contributed by atoms with Gasteiger partial charge >= 0.3 is 5.69 Å². The van der Waals surface area contributed by atoms with Crippen LogP contribution >= 0.6 is 11.6 Å². The Morgan fingerprint density at radius 1 is 1.03 bits per heavy atom.